The number of cyclic esters (lactones) is 1. The van der Waals surface area contributed by atoms with Crippen molar-refractivity contribution in [2.24, 2.45) is 5.41 Å². The van der Waals surface area contributed by atoms with Gasteiger partial charge in [-0.3, -0.25) is 4.79 Å². The normalized spacial score (nSPS) is 25.0. The Kier molecular flexibility index (Phi) is 4.62. The molecule has 0 radical (unpaired) electrons. The molecule has 1 rings (SSSR count). The summed E-state index contributed by atoms with van der Waals surface area (Å²) in [5.74, 6) is -0.00480. The zero-order valence-electron chi connectivity index (χ0n) is 10.3. The molecule has 0 aromatic rings. The van der Waals surface area contributed by atoms with Crippen molar-refractivity contribution in [3.8, 4) is 0 Å². The fourth-order valence-corrected chi connectivity index (χ4v) is 2.17. The second kappa shape index (κ2) is 5.53. The Labute approximate surface area is 93.4 Å². The van der Waals surface area contributed by atoms with E-state index in [0.29, 0.717) is 6.42 Å². The molecule has 0 aliphatic carbocycles. The molecule has 0 aromatic heterocycles. The van der Waals surface area contributed by atoms with Crippen LogP contribution in [0.25, 0.3) is 0 Å². The molecule has 0 spiro atoms. The molecule has 1 heterocycles. The number of hydrogen-bond acceptors (Lipinski definition) is 2. The topological polar surface area (TPSA) is 26.3 Å². The largest absolute Gasteiger partial charge is 0.462 e. The lowest BCUT2D eigenvalue weighted by molar-refractivity contribution is -0.165. The zero-order valence-corrected chi connectivity index (χ0v) is 10.3. The van der Waals surface area contributed by atoms with Gasteiger partial charge in [0.25, 0.3) is 0 Å². The summed E-state index contributed by atoms with van der Waals surface area (Å²) in [5, 5.41) is 0. The number of unbranched alkanes of at least 4 members (excludes halogenated alkanes) is 3. The second-order valence-corrected chi connectivity index (χ2v) is 5.32. The second-order valence-electron chi connectivity index (χ2n) is 5.32. The Balaban J connectivity index is 2.33. The van der Waals surface area contributed by atoms with E-state index < -0.39 is 0 Å². The summed E-state index contributed by atoms with van der Waals surface area (Å²) in [6, 6.07) is 0. The number of carbonyl (C=O) groups is 1. The lowest BCUT2D eigenvalue weighted by Gasteiger charge is -2.37. The summed E-state index contributed by atoms with van der Waals surface area (Å²) in [7, 11) is 0. The van der Waals surface area contributed by atoms with Crippen LogP contribution in [-0.4, -0.2) is 12.1 Å². The van der Waals surface area contributed by atoms with Crippen LogP contribution in [0.5, 0.6) is 0 Å². The van der Waals surface area contributed by atoms with Gasteiger partial charge in [-0.15, -0.1) is 0 Å². The van der Waals surface area contributed by atoms with Crippen LogP contribution in [0, 0.1) is 5.41 Å². The van der Waals surface area contributed by atoms with Crippen LogP contribution in [0.15, 0.2) is 0 Å². The summed E-state index contributed by atoms with van der Waals surface area (Å²) >= 11 is 0. The van der Waals surface area contributed by atoms with E-state index in [9.17, 15) is 4.79 Å². The van der Waals surface area contributed by atoms with Crippen molar-refractivity contribution in [3.05, 3.63) is 0 Å². The summed E-state index contributed by atoms with van der Waals surface area (Å²) in [4.78, 5) is 11.2. The number of hydrogen-bond donors (Lipinski definition) is 0. The minimum atomic E-state index is -0.00480. The van der Waals surface area contributed by atoms with Gasteiger partial charge in [-0.1, -0.05) is 40.0 Å². The van der Waals surface area contributed by atoms with E-state index in [1.807, 2.05) is 0 Å². The Hall–Kier alpha value is -0.530. The molecule has 88 valence electrons. The minimum absolute atomic E-state index is 0.00480. The van der Waals surface area contributed by atoms with Crippen molar-refractivity contribution < 1.29 is 9.53 Å². The molecular formula is C13H24O2. The quantitative estimate of drug-likeness (QED) is 0.513. The Bertz CT molecular complexity index is 209. The first kappa shape index (κ1) is 12.5. The molecule has 0 amide bonds. The van der Waals surface area contributed by atoms with Gasteiger partial charge < -0.3 is 4.74 Å². The molecule has 0 bridgehead atoms. The number of rotatable bonds is 5. The van der Waals surface area contributed by atoms with E-state index in [2.05, 4.69) is 20.8 Å². The van der Waals surface area contributed by atoms with Gasteiger partial charge in [-0.05, 0) is 19.3 Å². The molecule has 2 heteroatoms. The monoisotopic (exact) mass is 212 g/mol. The SMILES string of the molecule is CCCCCCC1OC(=O)CCC1(C)C. The molecule has 2 nitrogen and oxygen atoms in total. The first-order valence-corrected chi connectivity index (χ1v) is 6.26. The molecule has 1 unspecified atom stereocenters. The predicted octanol–water partition coefficient (Wildman–Crippen LogP) is 3.69. The van der Waals surface area contributed by atoms with E-state index in [-0.39, 0.29) is 17.5 Å². The molecule has 0 aromatic carbocycles. The molecular weight excluding hydrogens is 188 g/mol. The van der Waals surface area contributed by atoms with Crippen molar-refractivity contribution in [1.29, 1.82) is 0 Å². The van der Waals surface area contributed by atoms with Gasteiger partial charge in [0.2, 0.25) is 0 Å². The van der Waals surface area contributed by atoms with Crippen LogP contribution < -0.4 is 0 Å². The number of carbonyl (C=O) groups excluding carboxylic acids is 1. The third-order valence-corrected chi connectivity index (χ3v) is 3.44. The molecule has 15 heavy (non-hydrogen) atoms. The molecule has 1 fully saturated rings. The van der Waals surface area contributed by atoms with Crippen molar-refractivity contribution in [2.45, 2.75) is 71.8 Å². The Morgan fingerprint density at radius 1 is 1.33 bits per heavy atom. The van der Waals surface area contributed by atoms with Gasteiger partial charge in [0.1, 0.15) is 6.10 Å². The van der Waals surface area contributed by atoms with Gasteiger partial charge in [0.15, 0.2) is 0 Å². The predicted molar refractivity (Wildman–Crippen MR) is 61.7 cm³/mol. The molecule has 1 aliphatic rings. The van der Waals surface area contributed by atoms with Crippen molar-refractivity contribution in [3.63, 3.8) is 0 Å². The molecule has 0 N–H and O–H groups in total. The van der Waals surface area contributed by atoms with Crippen LogP contribution in [0.1, 0.15) is 65.7 Å². The highest BCUT2D eigenvalue weighted by molar-refractivity contribution is 5.70. The lowest BCUT2D eigenvalue weighted by atomic mass is 9.78. The molecule has 1 atom stereocenters. The number of esters is 1. The van der Waals surface area contributed by atoms with Crippen LogP contribution in [-0.2, 0) is 9.53 Å². The Morgan fingerprint density at radius 3 is 2.73 bits per heavy atom. The molecule has 1 saturated heterocycles. The summed E-state index contributed by atoms with van der Waals surface area (Å²) in [5.41, 5.74) is 0.181. The fraction of sp³-hybridized carbons (Fsp3) is 0.923. The first-order chi connectivity index (χ1) is 7.06. The van der Waals surface area contributed by atoms with Crippen LogP contribution in [0.3, 0.4) is 0 Å². The smallest absolute Gasteiger partial charge is 0.306 e. The van der Waals surface area contributed by atoms with Crippen molar-refractivity contribution in [1.82, 2.24) is 0 Å². The highest BCUT2D eigenvalue weighted by atomic mass is 16.5. The fourth-order valence-electron chi connectivity index (χ4n) is 2.17. The van der Waals surface area contributed by atoms with E-state index in [1.54, 1.807) is 0 Å². The maximum absolute atomic E-state index is 11.2. The maximum atomic E-state index is 11.2. The van der Waals surface area contributed by atoms with Gasteiger partial charge in [0.05, 0.1) is 0 Å². The van der Waals surface area contributed by atoms with Crippen molar-refractivity contribution >= 4 is 5.97 Å². The average molecular weight is 212 g/mol. The average Bonchev–Trinajstić information content (AvgIpc) is 2.18. The maximum Gasteiger partial charge on any atom is 0.306 e. The van der Waals surface area contributed by atoms with Gasteiger partial charge >= 0.3 is 5.97 Å². The summed E-state index contributed by atoms with van der Waals surface area (Å²) in [6.07, 6.45) is 7.77. The zero-order chi connectivity index (χ0) is 11.3. The third-order valence-electron chi connectivity index (χ3n) is 3.44. The van der Waals surface area contributed by atoms with E-state index >= 15 is 0 Å². The summed E-state index contributed by atoms with van der Waals surface area (Å²) in [6.45, 7) is 6.64. The molecule has 0 saturated carbocycles. The van der Waals surface area contributed by atoms with Crippen molar-refractivity contribution in [2.75, 3.05) is 0 Å². The van der Waals surface area contributed by atoms with Crippen LogP contribution >= 0.6 is 0 Å². The van der Waals surface area contributed by atoms with Crippen LogP contribution in [0.2, 0.25) is 0 Å². The number of ether oxygens (including phenoxy) is 1. The van der Waals surface area contributed by atoms with E-state index in [1.165, 1.54) is 25.7 Å². The Morgan fingerprint density at radius 2 is 2.07 bits per heavy atom. The minimum Gasteiger partial charge on any atom is -0.462 e. The summed E-state index contributed by atoms with van der Waals surface area (Å²) < 4.78 is 5.44. The standard InChI is InChI=1S/C13H24O2/c1-4-5-6-7-8-11-13(2,3)10-9-12(14)15-11/h11H,4-10H2,1-3H3. The highest BCUT2D eigenvalue weighted by Crippen LogP contribution is 2.36. The van der Waals surface area contributed by atoms with Gasteiger partial charge in [0, 0.05) is 11.8 Å². The van der Waals surface area contributed by atoms with Gasteiger partial charge in [-0.2, -0.15) is 0 Å². The van der Waals surface area contributed by atoms with Gasteiger partial charge in [-0.25, -0.2) is 0 Å². The van der Waals surface area contributed by atoms with Crippen LogP contribution in [0.4, 0.5) is 0 Å². The van der Waals surface area contributed by atoms with E-state index in [0.717, 1.165) is 12.8 Å². The lowest BCUT2D eigenvalue weighted by Crippen LogP contribution is -2.38. The molecule has 1 aliphatic heterocycles. The van der Waals surface area contributed by atoms with E-state index in [4.69, 9.17) is 4.74 Å². The first-order valence-electron chi connectivity index (χ1n) is 6.26. The highest BCUT2D eigenvalue weighted by Gasteiger charge is 2.36. The third kappa shape index (κ3) is 3.84.